The number of carbonyl (C=O) groups is 1. The van der Waals surface area contributed by atoms with Gasteiger partial charge in [-0.15, -0.1) is 0 Å². The van der Waals surface area contributed by atoms with Crippen LogP contribution in [0.2, 0.25) is 0 Å². The van der Waals surface area contributed by atoms with Crippen molar-refractivity contribution in [3.8, 4) is 57.0 Å². The summed E-state index contributed by atoms with van der Waals surface area (Å²) in [4.78, 5) is 26.9. The molecule has 1 amide bonds. The maximum absolute atomic E-state index is 13.5. The second-order valence-corrected chi connectivity index (χ2v) is 11.7. The van der Waals surface area contributed by atoms with Crippen LogP contribution < -0.4 is 28.4 Å². The number of amides is 1. The minimum absolute atomic E-state index is 0.0186. The molecule has 5 rings (SSSR count). The van der Waals surface area contributed by atoms with Gasteiger partial charge in [0.05, 0.1) is 54.0 Å². The number of benzene rings is 2. The van der Waals surface area contributed by atoms with Gasteiger partial charge in [-0.05, 0) is 85.6 Å². The Morgan fingerprint density at radius 3 is 1.56 bits per heavy atom. The molecule has 48 heavy (non-hydrogen) atoms. The summed E-state index contributed by atoms with van der Waals surface area (Å²) in [6.45, 7) is 2.94. The molecule has 11 heteroatoms. The third kappa shape index (κ3) is 7.57. The summed E-state index contributed by atoms with van der Waals surface area (Å²) in [5.41, 5.74) is 5.42. The molecular formula is C37H44N4O7. The lowest BCUT2D eigenvalue weighted by Crippen LogP contribution is -2.40. The Balaban J connectivity index is 1.19. The number of pyridine rings is 2. The lowest BCUT2D eigenvalue weighted by Gasteiger charge is -2.33. The molecule has 1 aliphatic heterocycles. The predicted octanol–water partition coefficient (Wildman–Crippen LogP) is 5.73. The van der Waals surface area contributed by atoms with Crippen LogP contribution in [-0.4, -0.2) is 88.5 Å². The van der Waals surface area contributed by atoms with Crippen LogP contribution in [-0.2, 0) is 17.9 Å². The molecule has 0 radical (unpaired) electrons. The number of carbonyl (C=O) groups excluding carboxylic acids is 1. The molecule has 254 valence electrons. The van der Waals surface area contributed by atoms with Gasteiger partial charge in [0, 0.05) is 49.6 Å². The van der Waals surface area contributed by atoms with Crippen LogP contribution in [0.25, 0.3) is 22.5 Å². The van der Waals surface area contributed by atoms with Gasteiger partial charge in [-0.2, -0.15) is 0 Å². The standard InChI is InChI=1S/C37H44N4O7/c1-40(22-24-8-12-38-29(16-24)27-18-31(43-2)35(47-6)32(19-27)44-3)37(42)26-10-14-41(15-11-26)23-25-9-13-39-30(17-25)28-20-33(45-4)36(48-7)34(21-28)46-5/h8-9,12-13,16-21,26H,10-11,14-15,22-23H2,1-7H3. The van der Waals surface area contributed by atoms with Crippen molar-refractivity contribution in [1.82, 2.24) is 19.8 Å². The van der Waals surface area contributed by atoms with E-state index in [0.29, 0.717) is 41.0 Å². The fourth-order valence-electron chi connectivity index (χ4n) is 6.18. The maximum atomic E-state index is 13.5. The van der Waals surface area contributed by atoms with E-state index in [1.54, 1.807) is 48.9 Å². The molecule has 11 nitrogen and oxygen atoms in total. The summed E-state index contributed by atoms with van der Waals surface area (Å²) in [5.74, 6) is 3.49. The van der Waals surface area contributed by atoms with Crippen molar-refractivity contribution in [2.75, 3.05) is 62.8 Å². The summed E-state index contributed by atoms with van der Waals surface area (Å²) in [5, 5.41) is 0. The first-order valence-electron chi connectivity index (χ1n) is 15.8. The van der Waals surface area contributed by atoms with E-state index in [2.05, 4.69) is 20.9 Å². The minimum Gasteiger partial charge on any atom is -0.493 e. The van der Waals surface area contributed by atoms with E-state index >= 15 is 0 Å². The molecule has 0 N–H and O–H groups in total. The van der Waals surface area contributed by atoms with Crippen LogP contribution in [0, 0.1) is 5.92 Å². The molecule has 0 bridgehead atoms. The summed E-state index contributed by atoms with van der Waals surface area (Å²) in [7, 11) is 11.4. The SMILES string of the molecule is COc1cc(-c2cc(CN3CCC(C(=O)N(C)Cc4ccnc(-c5cc(OC)c(OC)c(OC)c5)c4)CC3)ccn2)cc(OC)c1OC. The Morgan fingerprint density at radius 1 is 0.688 bits per heavy atom. The van der Waals surface area contributed by atoms with E-state index in [1.165, 1.54) is 0 Å². The quantitative estimate of drug-likeness (QED) is 0.177. The van der Waals surface area contributed by atoms with Gasteiger partial charge in [-0.1, -0.05) is 0 Å². The van der Waals surface area contributed by atoms with Crippen molar-refractivity contribution in [2.45, 2.75) is 25.9 Å². The molecule has 0 saturated carbocycles. The minimum atomic E-state index is -0.0186. The summed E-state index contributed by atoms with van der Waals surface area (Å²) >= 11 is 0. The number of ether oxygens (including phenoxy) is 6. The Morgan fingerprint density at radius 2 is 1.12 bits per heavy atom. The molecule has 3 heterocycles. The summed E-state index contributed by atoms with van der Waals surface area (Å²) in [6.07, 6.45) is 5.20. The Hall–Kier alpha value is -5.03. The van der Waals surface area contributed by atoms with Gasteiger partial charge in [0.2, 0.25) is 17.4 Å². The molecule has 4 aromatic rings. The highest BCUT2D eigenvalue weighted by Gasteiger charge is 2.27. The van der Waals surface area contributed by atoms with E-state index in [9.17, 15) is 4.79 Å². The zero-order valence-electron chi connectivity index (χ0n) is 28.7. The third-order valence-electron chi connectivity index (χ3n) is 8.71. The molecule has 1 aliphatic rings. The van der Waals surface area contributed by atoms with Crippen molar-refractivity contribution in [1.29, 1.82) is 0 Å². The Labute approximate surface area is 282 Å². The van der Waals surface area contributed by atoms with Crippen molar-refractivity contribution in [3.05, 3.63) is 72.1 Å². The fraction of sp³-hybridized carbons (Fsp3) is 0.378. The van der Waals surface area contributed by atoms with Gasteiger partial charge in [0.25, 0.3) is 0 Å². The predicted molar refractivity (Wildman–Crippen MR) is 183 cm³/mol. The van der Waals surface area contributed by atoms with Crippen LogP contribution in [0.1, 0.15) is 24.0 Å². The van der Waals surface area contributed by atoms with Crippen molar-refractivity contribution in [2.24, 2.45) is 5.92 Å². The highest BCUT2D eigenvalue weighted by molar-refractivity contribution is 5.79. The average Bonchev–Trinajstić information content (AvgIpc) is 3.13. The van der Waals surface area contributed by atoms with Gasteiger partial charge < -0.3 is 33.3 Å². The number of hydrogen-bond donors (Lipinski definition) is 0. The van der Waals surface area contributed by atoms with E-state index in [4.69, 9.17) is 28.4 Å². The number of nitrogens with zero attached hydrogens (tertiary/aromatic N) is 4. The van der Waals surface area contributed by atoms with E-state index < -0.39 is 0 Å². The first-order chi connectivity index (χ1) is 23.3. The van der Waals surface area contributed by atoms with Gasteiger partial charge in [-0.25, -0.2) is 0 Å². The number of likely N-dealkylation sites (tertiary alicyclic amines) is 1. The lowest BCUT2D eigenvalue weighted by molar-refractivity contribution is -0.136. The number of piperidine rings is 1. The van der Waals surface area contributed by atoms with Gasteiger partial charge in [-0.3, -0.25) is 19.7 Å². The number of hydrogen-bond acceptors (Lipinski definition) is 10. The molecule has 1 fully saturated rings. The zero-order valence-corrected chi connectivity index (χ0v) is 28.7. The van der Waals surface area contributed by atoms with Crippen LogP contribution in [0.4, 0.5) is 0 Å². The molecule has 0 atom stereocenters. The number of rotatable bonds is 13. The molecule has 2 aromatic carbocycles. The topological polar surface area (TPSA) is 105 Å². The van der Waals surface area contributed by atoms with Crippen LogP contribution in [0.3, 0.4) is 0 Å². The molecule has 0 spiro atoms. The smallest absolute Gasteiger partial charge is 0.225 e. The fourth-order valence-corrected chi connectivity index (χ4v) is 6.18. The molecule has 1 saturated heterocycles. The van der Waals surface area contributed by atoms with Crippen molar-refractivity contribution < 1.29 is 33.2 Å². The maximum Gasteiger partial charge on any atom is 0.225 e. The monoisotopic (exact) mass is 656 g/mol. The third-order valence-corrected chi connectivity index (χ3v) is 8.71. The van der Waals surface area contributed by atoms with E-state index in [-0.39, 0.29) is 11.8 Å². The normalized spacial score (nSPS) is 13.5. The first kappa shape index (κ1) is 34.3. The largest absolute Gasteiger partial charge is 0.493 e. The number of methoxy groups -OCH3 is 6. The van der Waals surface area contributed by atoms with Crippen LogP contribution in [0.15, 0.2) is 60.9 Å². The van der Waals surface area contributed by atoms with Gasteiger partial charge >= 0.3 is 0 Å². The van der Waals surface area contributed by atoms with E-state index in [0.717, 1.165) is 66.1 Å². The highest BCUT2D eigenvalue weighted by atomic mass is 16.5. The highest BCUT2D eigenvalue weighted by Crippen LogP contribution is 2.42. The molecule has 0 aliphatic carbocycles. The molecular weight excluding hydrogens is 612 g/mol. The molecule has 2 aromatic heterocycles. The van der Waals surface area contributed by atoms with Crippen molar-refractivity contribution >= 4 is 5.91 Å². The van der Waals surface area contributed by atoms with Crippen LogP contribution in [0.5, 0.6) is 34.5 Å². The zero-order chi connectivity index (χ0) is 34.2. The first-order valence-corrected chi connectivity index (χ1v) is 15.8. The second-order valence-electron chi connectivity index (χ2n) is 11.7. The average molecular weight is 657 g/mol. The lowest BCUT2D eigenvalue weighted by atomic mass is 9.94. The number of aromatic nitrogens is 2. The Kier molecular flexibility index (Phi) is 11.2. The van der Waals surface area contributed by atoms with Crippen molar-refractivity contribution in [3.63, 3.8) is 0 Å². The second kappa shape index (κ2) is 15.7. The summed E-state index contributed by atoms with van der Waals surface area (Å²) in [6, 6.07) is 15.6. The summed E-state index contributed by atoms with van der Waals surface area (Å²) < 4.78 is 33.0. The van der Waals surface area contributed by atoms with Gasteiger partial charge in [0.1, 0.15) is 0 Å². The van der Waals surface area contributed by atoms with E-state index in [1.807, 2.05) is 60.6 Å². The van der Waals surface area contributed by atoms with Crippen LogP contribution >= 0.6 is 0 Å². The molecule has 0 unspecified atom stereocenters. The van der Waals surface area contributed by atoms with Gasteiger partial charge in [0.15, 0.2) is 23.0 Å². The Bertz CT molecular complexity index is 1670.